The fourth-order valence-corrected chi connectivity index (χ4v) is 1.59. The lowest BCUT2D eigenvalue weighted by molar-refractivity contribution is 0.0949. The fraction of sp³-hybridized carbons (Fsp3) is 0.462. The van der Waals surface area contributed by atoms with E-state index in [1.807, 2.05) is 31.2 Å². The van der Waals surface area contributed by atoms with Gasteiger partial charge >= 0.3 is 0 Å². The zero-order valence-electron chi connectivity index (χ0n) is 10.2. The molecule has 0 aliphatic heterocycles. The van der Waals surface area contributed by atoms with Crippen molar-refractivity contribution in [2.24, 2.45) is 0 Å². The topological polar surface area (TPSA) is 41.1 Å². The highest BCUT2D eigenvalue weighted by Gasteiger charge is 2.08. The second kappa shape index (κ2) is 6.28. The van der Waals surface area contributed by atoms with Crippen molar-refractivity contribution in [3.8, 4) is 0 Å². The summed E-state index contributed by atoms with van der Waals surface area (Å²) in [6.07, 6.45) is 0. The predicted molar refractivity (Wildman–Crippen MR) is 66.7 cm³/mol. The van der Waals surface area contributed by atoms with Crippen molar-refractivity contribution < 1.29 is 4.79 Å². The molecule has 3 heteroatoms. The van der Waals surface area contributed by atoms with E-state index < -0.39 is 0 Å². The second-order valence-electron chi connectivity index (χ2n) is 3.98. The van der Waals surface area contributed by atoms with Crippen molar-refractivity contribution in [1.82, 2.24) is 10.6 Å². The molecule has 0 spiro atoms. The van der Waals surface area contributed by atoms with Crippen molar-refractivity contribution in [1.29, 1.82) is 0 Å². The third kappa shape index (κ3) is 3.66. The second-order valence-corrected chi connectivity index (χ2v) is 3.98. The Bertz CT molecular complexity index is 350. The van der Waals surface area contributed by atoms with Crippen LogP contribution in [-0.4, -0.2) is 25.0 Å². The van der Waals surface area contributed by atoms with E-state index in [9.17, 15) is 4.79 Å². The Balaban J connectivity index is 2.50. The van der Waals surface area contributed by atoms with Crippen LogP contribution in [0.15, 0.2) is 24.3 Å². The maximum Gasteiger partial charge on any atom is 0.251 e. The highest BCUT2D eigenvalue weighted by molar-refractivity contribution is 5.95. The molecule has 88 valence electrons. The van der Waals surface area contributed by atoms with E-state index >= 15 is 0 Å². The van der Waals surface area contributed by atoms with Gasteiger partial charge in [-0.05, 0) is 32.0 Å². The van der Waals surface area contributed by atoms with E-state index in [1.54, 1.807) is 0 Å². The SMILES string of the molecule is CCN[C@H](C)CNC(=O)c1ccccc1C. The minimum absolute atomic E-state index is 0.00264. The van der Waals surface area contributed by atoms with Gasteiger partial charge in [0.15, 0.2) is 0 Å². The zero-order chi connectivity index (χ0) is 12.0. The van der Waals surface area contributed by atoms with E-state index in [0.717, 1.165) is 17.7 Å². The summed E-state index contributed by atoms with van der Waals surface area (Å²) in [7, 11) is 0. The van der Waals surface area contributed by atoms with Gasteiger partial charge in [0.05, 0.1) is 0 Å². The molecule has 0 saturated carbocycles. The molecule has 1 rings (SSSR count). The lowest BCUT2D eigenvalue weighted by Gasteiger charge is -2.13. The Morgan fingerprint density at radius 2 is 2.06 bits per heavy atom. The molecule has 0 saturated heterocycles. The van der Waals surface area contributed by atoms with E-state index in [0.29, 0.717) is 12.6 Å². The summed E-state index contributed by atoms with van der Waals surface area (Å²) in [4.78, 5) is 11.8. The summed E-state index contributed by atoms with van der Waals surface area (Å²) in [6, 6.07) is 7.92. The molecule has 1 atom stereocenters. The molecular weight excluding hydrogens is 200 g/mol. The Morgan fingerprint density at radius 1 is 1.38 bits per heavy atom. The first-order valence-electron chi connectivity index (χ1n) is 5.72. The average molecular weight is 220 g/mol. The molecule has 0 fully saturated rings. The fourth-order valence-electron chi connectivity index (χ4n) is 1.59. The molecule has 0 aliphatic rings. The van der Waals surface area contributed by atoms with Gasteiger partial charge in [-0.3, -0.25) is 4.79 Å². The molecular formula is C13H20N2O. The number of carbonyl (C=O) groups is 1. The van der Waals surface area contributed by atoms with Crippen molar-refractivity contribution >= 4 is 5.91 Å². The van der Waals surface area contributed by atoms with E-state index in [1.165, 1.54) is 0 Å². The van der Waals surface area contributed by atoms with Crippen LogP contribution in [0.3, 0.4) is 0 Å². The number of hydrogen-bond donors (Lipinski definition) is 2. The molecule has 16 heavy (non-hydrogen) atoms. The summed E-state index contributed by atoms with van der Waals surface area (Å²) in [5.74, 6) is 0.00264. The van der Waals surface area contributed by atoms with E-state index in [2.05, 4.69) is 24.5 Å². The smallest absolute Gasteiger partial charge is 0.251 e. The Hall–Kier alpha value is -1.35. The van der Waals surface area contributed by atoms with Crippen LogP contribution in [0.25, 0.3) is 0 Å². The maximum atomic E-state index is 11.8. The summed E-state index contributed by atoms with van der Waals surface area (Å²) in [5, 5.41) is 6.18. The molecule has 0 radical (unpaired) electrons. The van der Waals surface area contributed by atoms with Crippen LogP contribution in [0.2, 0.25) is 0 Å². The van der Waals surface area contributed by atoms with Gasteiger partial charge in [-0.2, -0.15) is 0 Å². The first-order chi connectivity index (χ1) is 7.65. The first kappa shape index (κ1) is 12.7. The number of carbonyl (C=O) groups excluding carboxylic acids is 1. The van der Waals surface area contributed by atoms with Crippen molar-refractivity contribution in [3.05, 3.63) is 35.4 Å². The van der Waals surface area contributed by atoms with Gasteiger partial charge in [0, 0.05) is 18.2 Å². The van der Waals surface area contributed by atoms with Gasteiger partial charge in [0.2, 0.25) is 0 Å². The normalized spacial score (nSPS) is 12.2. The van der Waals surface area contributed by atoms with Crippen LogP contribution in [0.5, 0.6) is 0 Å². The Labute approximate surface area is 97.2 Å². The molecule has 0 bridgehead atoms. The quantitative estimate of drug-likeness (QED) is 0.793. The minimum Gasteiger partial charge on any atom is -0.350 e. The minimum atomic E-state index is 0.00264. The van der Waals surface area contributed by atoms with Crippen molar-refractivity contribution in [2.75, 3.05) is 13.1 Å². The van der Waals surface area contributed by atoms with Crippen LogP contribution in [0.1, 0.15) is 29.8 Å². The summed E-state index contributed by atoms with van der Waals surface area (Å²) < 4.78 is 0. The van der Waals surface area contributed by atoms with Gasteiger partial charge < -0.3 is 10.6 Å². The van der Waals surface area contributed by atoms with Gasteiger partial charge in [-0.1, -0.05) is 25.1 Å². The van der Waals surface area contributed by atoms with Gasteiger partial charge in [-0.15, -0.1) is 0 Å². The lowest BCUT2D eigenvalue weighted by Crippen LogP contribution is -2.38. The van der Waals surface area contributed by atoms with Crippen LogP contribution < -0.4 is 10.6 Å². The third-order valence-electron chi connectivity index (χ3n) is 2.51. The largest absolute Gasteiger partial charge is 0.350 e. The average Bonchev–Trinajstić information content (AvgIpc) is 2.27. The zero-order valence-corrected chi connectivity index (χ0v) is 10.2. The molecule has 0 heterocycles. The molecule has 0 unspecified atom stereocenters. The number of hydrogen-bond acceptors (Lipinski definition) is 2. The van der Waals surface area contributed by atoms with Gasteiger partial charge in [-0.25, -0.2) is 0 Å². The maximum absolute atomic E-state index is 11.8. The Morgan fingerprint density at radius 3 is 2.69 bits per heavy atom. The highest BCUT2D eigenvalue weighted by Crippen LogP contribution is 2.06. The Kier molecular flexibility index (Phi) is 4.99. The summed E-state index contributed by atoms with van der Waals surface area (Å²) in [6.45, 7) is 7.63. The van der Waals surface area contributed by atoms with Crippen molar-refractivity contribution in [2.45, 2.75) is 26.8 Å². The van der Waals surface area contributed by atoms with Crippen LogP contribution >= 0.6 is 0 Å². The lowest BCUT2D eigenvalue weighted by atomic mass is 10.1. The number of amides is 1. The van der Waals surface area contributed by atoms with Crippen molar-refractivity contribution in [3.63, 3.8) is 0 Å². The number of benzene rings is 1. The number of likely N-dealkylation sites (N-methyl/N-ethyl adjacent to an activating group) is 1. The third-order valence-corrected chi connectivity index (χ3v) is 2.51. The molecule has 0 aliphatic carbocycles. The molecule has 0 aromatic heterocycles. The van der Waals surface area contributed by atoms with E-state index in [4.69, 9.17) is 0 Å². The summed E-state index contributed by atoms with van der Waals surface area (Å²) in [5.41, 5.74) is 1.77. The van der Waals surface area contributed by atoms with Gasteiger partial charge in [0.1, 0.15) is 0 Å². The number of nitrogens with one attached hydrogen (secondary N) is 2. The van der Waals surface area contributed by atoms with Gasteiger partial charge in [0.25, 0.3) is 5.91 Å². The molecule has 2 N–H and O–H groups in total. The highest BCUT2D eigenvalue weighted by atomic mass is 16.1. The first-order valence-corrected chi connectivity index (χ1v) is 5.72. The van der Waals surface area contributed by atoms with E-state index in [-0.39, 0.29) is 5.91 Å². The number of aryl methyl sites for hydroxylation is 1. The summed E-state index contributed by atoms with van der Waals surface area (Å²) >= 11 is 0. The number of rotatable bonds is 5. The standard InChI is InChI=1S/C13H20N2O/c1-4-14-11(3)9-15-13(16)12-8-6-5-7-10(12)2/h5-8,11,14H,4,9H2,1-3H3,(H,15,16)/t11-/m1/s1. The molecule has 1 amide bonds. The molecule has 1 aromatic rings. The predicted octanol–water partition coefficient (Wildman–Crippen LogP) is 1.72. The molecule has 3 nitrogen and oxygen atoms in total. The van der Waals surface area contributed by atoms with Crippen LogP contribution in [0, 0.1) is 6.92 Å². The molecule has 1 aromatic carbocycles. The van der Waals surface area contributed by atoms with Crippen LogP contribution in [0.4, 0.5) is 0 Å². The van der Waals surface area contributed by atoms with Crippen LogP contribution in [-0.2, 0) is 0 Å². The monoisotopic (exact) mass is 220 g/mol.